The van der Waals surface area contributed by atoms with Crippen LogP contribution < -0.4 is 19.9 Å². The van der Waals surface area contributed by atoms with Crippen molar-refractivity contribution in [2.45, 2.75) is 33.2 Å². The van der Waals surface area contributed by atoms with Crippen LogP contribution in [-0.4, -0.2) is 45.7 Å². The molecule has 1 saturated heterocycles. The Bertz CT molecular complexity index is 877. The van der Waals surface area contributed by atoms with Gasteiger partial charge in [-0.3, -0.25) is 4.79 Å². The van der Waals surface area contributed by atoms with E-state index in [-0.39, 0.29) is 11.7 Å². The van der Waals surface area contributed by atoms with Crippen molar-refractivity contribution >= 4 is 11.6 Å². The Hall–Kier alpha value is -2.44. The van der Waals surface area contributed by atoms with Gasteiger partial charge >= 0.3 is 0 Å². The lowest BCUT2D eigenvalue weighted by Crippen LogP contribution is -3.28. The highest BCUT2D eigenvalue weighted by atomic mass is 19.1. The molecule has 3 rings (SSSR count). The number of halogens is 1. The van der Waals surface area contributed by atoms with E-state index in [1.807, 2.05) is 19.1 Å². The molecular weight excluding hydrogens is 381 g/mol. The summed E-state index contributed by atoms with van der Waals surface area (Å²) < 4.78 is 19.0. The number of rotatable bonds is 7. The average molecular weight is 416 g/mol. The van der Waals surface area contributed by atoms with Gasteiger partial charge in [-0.25, -0.2) is 4.39 Å². The van der Waals surface area contributed by atoms with E-state index in [1.165, 1.54) is 21.4 Å². The van der Waals surface area contributed by atoms with E-state index in [0.29, 0.717) is 12.5 Å². The number of hydrogen-bond donors (Lipinski definition) is 3. The van der Waals surface area contributed by atoms with Crippen molar-refractivity contribution in [3.05, 3.63) is 58.9 Å². The molecular formula is C24H34FN3O2+2. The number of carbonyl (C=O) groups excluding carboxylic acids is 1. The highest BCUT2D eigenvalue weighted by Gasteiger charge is 2.26. The van der Waals surface area contributed by atoms with Crippen LogP contribution in [0.15, 0.2) is 36.4 Å². The number of aryl methyl sites for hydroxylation is 1. The van der Waals surface area contributed by atoms with Gasteiger partial charge in [0, 0.05) is 5.69 Å². The molecule has 2 aromatic rings. The van der Waals surface area contributed by atoms with Crippen molar-refractivity contribution in [1.82, 2.24) is 0 Å². The third-order valence-electron chi connectivity index (χ3n) is 5.95. The fraction of sp³-hybridized carbons (Fsp3) is 0.458. The van der Waals surface area contributed by atoms with Gasteiger partial charge < -0.3 is 19.9 Å². The second-order valence-corrected chi connectivity index (χ2v) is 8.55. The minimum Gasteiger partial charge on any atom is -0.496 e. The Morgan fingerprint density at radius 2 is 1.83 bits per heavy atom. The van der Waals surface area contributed by atoms with Gasteiger partial charge in [-0.1, -0.05) is 32.0 Å². The van der Waals surface area contributed by atoms with E-state index in [1.54, 1.807) is 19.2 Å². The Morgan fingerprint density at radius 1 is 1.13 bits per heavy atom. The number of anilines is 1. The van der Waals surface area contributed by atoms with Crippen LogP contribution in [0.2, 0.25) is 0 Å². The van der Waals surface area contributed by atoms with Gasteiger partial charge in [0.1, 0.15) is 44.3 Å². The highest BCUT2D eigenvalue weighted by molar-refractivity contribution is 5.93. The second kappa shape index (κ2) is 10.0. The van der Waals surface area contributed by atoms with Gasteiger partial charge in [-0.15, -0.1) is 0 Å². The topological polar surface area (TPSA) is 47.2 Å². The fourth-order valence-electron chi connectivity index (χ4n) is 4.22. The Kier molecular flexibility index (Phi) is 7.45. The van der Waals surface area contributed by atoms with Gasteiger partial charge in [0.25, 0.3) is 5.91 Å². The van der Waals surface area contributed by atoms with Gasteiger partial charge in [0.15, 0.2) is 6.54 Å². The van der Waals surface area contributed by atoms with Crippen molar-refractivity contribution < 1.29 is 23.7 Å². The number of piperazine rings is 1. The molecule has 0 spiro atoms. The van der Waals surface area contributed by atoms with E-state index < -0.39 is 0 Å². The molecule has 0 aliphatic carbocycles. The molecule has 6 heteroatoms. The zero-order valence-corrected chi connectivity index (χ0v) is 18.5. The molecule has 1 aliphatic heterocycles. The molecule has 0 saturated carbocycles. The van der Waals surface area contributed by atoms with E-state index in [0.717, 1.165) is 55.3 Å². The van der Waals surface area contributed by atoms with E-state index in [4.69, 9.17) is 4.74 Å². The molecule has 2 aromatic carbocycles. The van der Waals surface area contributed by atoms with Gasteiger partial charge in [0.05, 0.1) is 12.7 Å². The maximum atomic E-state index is 13.6. The predicted octanol–water partition coefficient (Wildman–Crippen LogP) is 1.19. The van der Waals surface area contributed by atoms with Crippen LogP contribution in [0.3, 0.4) is 0 Å². The third kappa shape index (κ3) is 5.58. The minimum absolute atomic E-state index is 0.0662. The number of quaternary nitrogens is 2. The zero-order chi connectivity index (χ0) is 21.7. The summed E-state index contributed by atoms with van der Waals surface area (Å²) in [7, 11) is 1.62. The second-order valence-electron chi connectivity index (χ2n) is 8.55. The normalized spacial score (nSPS) is 19.0. The number of para-hydroxylation sites is 1. The number of hydrogen-bond acceptors (Lipinski definition) is 2. The molecule has 3 N–H and O–H groups in total. The average Bonchev–Trinajstić information content (AvgIpc) is 2.71. The Labute approximate surface area is 178 Å². The number of amides is 1. The first kappa shape index (κ1) is 22.2. The number of ether oxygens (including phenoxy) is 1. The maximum absolute atomic E-state index is 13.6. The molecule has 0 aromatic heterocycles. The minimum atomic E-state index is -0.233. The SMILES string of the molecule is COc1ccc(F)cc1C[NH+]1CC[NH+](CC(=O)Nc2c(C)cccc2C(C)C)CC1. The number of nitrogens with one attached hydrogen (secondary N) is 3. The van der Waals surface area contributed by atoms with Crippen LogP contribution >= 0.6 is 0 Å². The first-order chi connectivity index (χ1) is 14.4. The summed E-state index contributed by atoms with van der Waals surface area (Å²) in [5.74, 6) is 0.927. The van der Waals surface area contributed by atoms with Crippen molar-refractivity contribution in [1.29, 1.82) is 0 Å². The molecule has 30 heavy (non-hydrogen) atoms. The van der Waals surface area contributed by atoms with Crippen LogP contribution in [0.1, 0.15) is 36.5 Å². The number of benzene rings is 2. The van der Waals surface area contributed by atoms with Crippen LogP contribution in [0.5, 0.6) is 5.75 Å². The highest BCUT2D eigenvalue weighted by Crippen LogP contribution is 2.27. The largest absolute Gasteiger partial charge is 0.496 e. The van der Waals surface area contributed by atoms with Crippen LogP contribution in [0, 0.1) is 12.7 Å². The lowest BCUT2D eigenvalue weighted by atomic mass is 9.98. The molecule has 1 heterocycles. The molecule has 0 radical (unpaired) electrons. The smallest absolute Gasteiger partial charge is 0.279 e. The standard InChI is InChI=1S/C24H32FN3O2/c1-17(2)21-7-5-6-18(3)24(21)26-23(29)16-28-12-10-27(11-13-28)15-19-14-20(25)8-9-22(19)30-4/h5-9,14,17H,10-13,15-16H2,1-4H3,(H,26,29)/p+2. The monoisotopic (exact) mass is 415 g/mol. The lowest BCUT2D eigenvalue weighted by molar-refractivity contribution is -1.02. The molecule has 1 aliphatic rings. The van der Waals surface area contributed by atoms with E-state index in [2.05, 4.69) is 25.2 Å². The molecule has 0 bridgehead atoms. The van der Waals surface area contributed by atoms with Crippen LogP contribution in [0.4, 0.5) is 10.1 Å². The molecule has 1 amide bonds. The quantitative estimate of drug-likeness (QED) is 0.636. The number of methoxy groups -OCH3 is 1. The van der Waals surface area contributed by atoms with Gasteiger partial charge in [0.2, 0.25) is 0 Å². The Balaban J connectivity index is 1.53. The van der Waals surface area contributed by atoms with Crippen LogP contribution in [0.25, 0.3) is 0 Å². The third-order valence-corrected chi connectivity index (χ3v) is 5.95. The van der Waals surface area contributed by atoms with E-state index >= 15 is 0 Å². The first-order valence-corrected chi connectivity index (χ1v) is 10.8. The molecule has 1 fully saturated rings. The van der Waals surface area contributed by atoms with E-state index in [9.17, 15) is 9.18 Å². The summed E-state index contributed by atoms with van der Waals surface area (Å²) in [6.45, 7) is 11.3. The van der Waals surface area contributed by atoms with Gasteiger partial charge in [-0.05, 0) is 42.2 Å². The maximum Gasteiger partial charge on any atom is 0.279 e. The summed E-state index contributed by atoms with van der Waals surface area (Å²) in [6.07, 6.45) is 0. The molecule has 5 nitrogen and oxygen atoms in total. The zero-order valence-electron chi connectivity index (χ0n) is 18.5. The first-order valence-electron chi connectivity index (χ1n) is 10.8. The Morgan fingerprint density at radius 3 is 2.50 bits per heavy atom. The molecule has 162 valence electrons. The summed E-state index contributed by atoms with van der Waals surface area (Å²) in [5.41, 5.74) is 4.13. The summed E-state index contributed by atoms with van der Waals surface area (Å²) in [5, 5.41) is 3.16. The van der Waals surface area contributed by atoms with Crippen molar-refractivity contribution in [3.63, 3.8) is 0 Å². The van der Waals surface area contributed by atoms with Crippen molar-refractivity contribution in [3.8, 4) is 5.75 Å². The van der Waals surface area contributed by atoms with Gasteiger partial charge in [-0.2, -0.15) is 0 Å². The van der Waals surface area contributed by atoms with Crippen molar-refractivity contribution in [2.75, 3.05) is 45.2 Å². The lowest BCUT2D eigenvalue weighted by Gasteiger charge is -2.29. The summed E-state index contributed by atoms with van der Waals surface area (Å²) >= 11 is 0. The summed E-state index contributed by atoms with van der Waals surface area (Å²) in [6, 6.07) is 10.8. The predicted molar refractivity (Wildman–Crippen MR) is 117 cm³/mol. The molecule has 0 unspecified atom stereocenters. The number of carbonyl (C=O) groups is 1. The summed E-state index contributed by atoms with van der Waals surface area (Å²) in [4.78, 5) is 15.4. The molecule has 0 atom stereocenters. The van der Waals surface area contributed by atoms with Crippen molar-refractivity contribution in [2.24, 2.45) is 0 Å². The van der Waals surface area contributed by atoms with Crippen LogP contribution in [-0.2, 0) is 11.3 Å². The fourth-order valence-corrected chi connectivity index (χ4v) is 4.22.